The summed E-state index contributed by atoms with van der Waals surface area (Å²) in [6.07, 6.45) is -1.90. The number of carbonyl (C=O) groups is 2. The van der Waals surface area contributed by atoms with Crippen molar-refractivity contribution in [2.24, 2.45) is 0 Å². The monoisotopic (exact) mass is 468 g/mol. The van der Waals surface area contributed by atoms with Crippen LogP contribution in [0.25, 0.3) is 23.2 Å². The molecule has 0 fully saturated rings. The molecular weight excluding hydrogens is 453 g/mol. The van der Waals surface area contributed by atoms with Crippen LogP contribution in [0.15, 0.2) is 77.4 Å². The zero-order chi connectivity index (χ0) is 24.1. The maximum absolute atomic E-state index is 12.9. The summed E-state index contributed by atoms with van der Waals surface area (Å²) in [5, 5.41) is 11.4. The first-order valence-corrected chi connectivity index (χ1v) is 9.80. The Bertz CT molecular complexity index is 1330. The molecule has 0 N–H and O–H groups in total. The fraction of sp³-hybridized carbons (Fsp3) is 0.0870. The lowest BCUT2D eigenvalue weighted by Crippen LogP contribution is -2.19. The van der Waals surface area contributed by atoms with Crippen molar-refractivity contribution >= 4 is 23.5 Å². The van der Waals surface area contributed by atoms with Gasteiger partial charge in [-0.05, 0) is 34.7 Å². The number of tetrazole rings is 1. The van der Waals surface area contributed by atoms with Crippen LogP contribution in [0.1, 0.15) is 21.7 Å². The Balaban J connectivity index is 1.59. The Morgan fingerprint density at radius 3 is 2.53 bits per heavy atom. The molecule has 0 saturated carbocycles. The summed E-state index contributed by atoms with van der Waals surface area (Å²) >= 11 is 0. The molecule has 0 atom stereocenters. The number of hydrogen-bond acceptors (Lipinski definition) is 7. The number of ketones is 1. The standard InChI is InChI=1S/C23H15F3N4O4/c24-23(25,26)17-9-4-8-16(12-17)20(31)14-34-22(32)19(13-18-10-5-11-33-18)30-21(27-28-29-30)15-6-2-1-3-7-15/h1-13H,14H2/b19-13-. The second-order valence-corrected chi connectivity index (χ2v) is 6.90. The molecule has 172 valence electrons. The minimum atomic E-state index is -4.61. The molecule has 11 heteroatoms. The van der Waals surface area contributed by atoms with Crippen molar-refractivity contribution in [2.45, 2.75) is 6.18 Å². The van der Waals surface area contributed by atoms with Gasteiger partial charge in [-0.25, -0.2) is 4.79 Å². The van der Waals surface area contributed by atoms with Gasteiger partial charge in [0.25, 0.3) is 0 Å². The minimum Gasteiger partial charge on any atom is -0.465 e. The highest BCUT2D eigenvalue weighted by molar-refractivity contribution is 6.16. The maximum atomic E-state index is 12.9. The van der Waals surface area contributed by atoms with Crippen LogP contribution in [-0.4, -0.2) is 38.6 Å². The predicted molar refractivity (Wildman–Crippen MR) is 113 cm³/mol. The average Bonchev–Trinajstić information content (AvgIpc) is 3.53. The number of nitrogens with zero attached hydrogens (tertiary/aromatic N) is 4. The van der Waals surface area contributed by atoms with Crippen molar-refractivity contribution in [2.75, 3.05) is 6.61 Å². The van der Waals surface area contributed by atoms with Crippen LogP contribution in [0.5, 0.6) is 0 Å². The lowest BCUT2D eigenvalue weighted by Gasteiger charge is -2.10. The highest BCUT2D eigenvalue weighted by Gasteiger charge is 2.31. The van der Waals surface area contributed by atoms with Gasteiger partial charge in [-0.1, -0.05) is 42.5 Å². The average molecular weight is 468 g/mol. The summed E-state index contributed by atoms with van der Waals surface area (Å²) in [5.74, 6) is -1.29. The summed E-state index contributed by atoms with van der Waals surface area (Å²) in [5.41, 5.74) is -0.794. The summed E-state index contributed by atoms with van der Waals surface area (Å²) in [6, 6.07) is 15.8. The quantitative estimate of drug-likeness (QED) is 0.225. The van der Waals surface area contributed by atoms with E-state index in [9.17, 15) is 22.8 Å². The lowest BCUT2D eigenvalue weighted by atomic mass is 10.1. The molecular formula is C23H15F3N4O4. The molecule has 4 aromatic rings. The number of Topliss-reactive ketones (excluding diaryl/α,β-unsaturated/α-hetero) is 1. The van der Waals surface area contributed by atoms with E-state index < -0.39 is 30.1 Å². The van der Waals surface area contributed by atoms with Gasteiger partial charge in [0.15, 0.2) is 23.9 Å². The molecule has 4 rings (SSSR count). The fourth-order valence-corrected chi connectivity index (χ4v) is 2.99. The van der Waals surface area contributed by atoms with Crippen LogP contribution in [-0.2, 0) is 15.7 Å². The zero-order valence-corrected chi connectivity index (χ0v) is 17.3. The number of carbonyl (C=O) groups excluding carboxylic acids is 2. The molecule has 0 aliphatic heterocycles. The summed E-state index contributed by atoms with van der Waals surface area (Å²) in [7, 11) is 0. The van der Waals surface area contributed by atoms with E-state index >= 15 is 0 Å². The first kappa shape index (κ1) is 22.6. The van der Waals surface area contributed by atoms with E-state index in [2.05, 4.69) is 15.5 Å². The Morgan fingerprint density at radius 1 is 1.03 bits per heavy atom. The normalized spacial score (nSPS) is 11.9. The van der Waals surface area contributed by atoms with Crippen LogP contribution in [0.2, 0.25) is 0 Å². The number of halogens is 3. The largest absolute Gasteiger partial charge is 0.465 e. The number of aromatic nitrogens is 4. The Kier molecular flexibility index (Phi) is 6.35. The van der Waals surface area contributed by atoms with Gasteiger partial charge < -0.3 is 9.15 Å². The molecule has 0 unspecified atom stereocenters. The van der Waals surface area contributed by atoms with E-state index in [1.54, 1.807) is 42.5 Å². The van der Waals surface area contributed by atoms with E-state index in [1.165, 1.54) is 18.4 Å². The first-order chi connectivity index (χ1) is 16.3. The minimum absolute atomic E-state index is 0.171. The zero-order valence-electron chi connectivity index (χ0n) is 17.3. The fourth-order valence-electron chi connectivity index (χ4n) is 2.99. The van der Waals surface area contributed by atoms with Crippen LogP contribution in [0.4, 0.5) is 13.2 Å². The van der Waals surface area contributed by atoms with Crippen molar-refractivity contribution in [1.29, 1.82) is 0 Å². The molecule has 0 aliphatic carbocycles. The molecule has 34 heavy (non-hydrogen) atoms. The SMILES string of the molecule is O=C(OCC(=O)c1cccc(C(F)(F)F)c1)/C(=C/c1ccco1)n1nnnc1-c1ccccc1. The van der Waals surface area contributed by atoms with Gasteiger partial charge >= 0.3 is 12.1 Å². The summed E-state index contributed by atoms with van der Waals surface area (Å²) in [4.78, 5) is 25.3. The van der Waals surface area contributed by atoms with Gasteiger partial charge in [0.2, 0.25) is 0 Å². The third-order valence-corrected chi connectivity index (χ3v) is 4.61. The van der Waals surface area contributed by atoms with Gasteiger partial charge in [0, 0.05) is 17.2 Å². The van der Waals surface area contributed by atoms with Crippen molar-refractivity contribution in [3.8, 4) is 11.4 Å². The van der Waals surface area contributed by atoms with Gasteiger partial charge in [-0.15, -0.1) is 5.10 Å². The predicted octanol–water partition coefficient (Wildman–Crippen LogP) is 4.38. The third-order valence-electron chi connectivity index (χ3n) is 4.61. The number of ether oxygens (including phenoxy) is 1. The van der Waals surface area contributed by atoms with Crippen LogP contribution < -0.4 is 0 Å². The van der Waals surface area contributed by atoms with Crippen LogP contribution >= 0.6 is 0 Å². The number of alkyl halides is 3. The van der Waals surface area contributed by atoms with Crippen molar-refractivity contribution < 1.29 is 31.9 Å². The highest BCUT2D eigenvalue weighted by atomic mass is 19.4. The molecule has 8 nitrogen and oxygen atoms in total. The molecule has 0 spiro atoms. The number of benzene rings is 2. The second kappa shape index (κ2) is 9.53. The van der Waals surface area contributed by atoms with E-state index in [0.29, 0.717) is 11.6 Å². The number of rotatable bonds is 7. The molecule has 0 bridgehead atoms. The van der Waals surface area contributed by atoms with E-state index in [4.69, 9.17) is 9.15 Å². The third kappa shape index (κ3) is 5.09. The lowest BCUT2D eigenvalue weighted by molar-refractivity contribution is -0.138. The van der Waals surface area contributed by atoms with Crippen LogP contribution in [0, 0.1) is 0 Å². The van der Waals surface area contributed by atoms with Gasteiger partial charge in [-0.2, -0.15) is 17.9 Å². The molecule has 0 amide bonds. The maximum Gasteiger partial charge on any atom is 0.416 e. The van der Waals surface area contributed by atoms with Crippen molar-refractivity contribution in [3.63, 3.8) is 0 Å². The Labute approximate surface area is 190 Å². The van der Waals surface area contributed by atoms with Crippen LogP contribution in [0.3, 0.4) is 0 Å². The van der Waals surface area contributed by atoms with Crippen molar-refractivity contribution in [3.05, 3.63) is 89.9 Å². The Morgan fingerprint density at radius 2 is 1.82 bits per heavy atom. The first-order valence-electron chi connectivity index (χ1n) is 9.80. The van der Waals surface area contributed by atoms with E-state index in [0.717, 1.165) is 16.8 Å². The van der Waals surface area contributed by atoms with Gasteiger partial charge in [-0.3, -0.25) is 4.79 Å². The molecule has 0 aliphatic rings. The molecule has 2 aromatic heterocycles. The summed E-state index contributed by atoms with van der Waals surface area (Å²) in [6.45, 7) is -0.793. The smallest absolute Gasteiger partial charge is 0.416 e. The van der Waals surface area contributed by atoms with Gasteiger partial charge in [0.1, 0.15) is 5.76 Å². The molecule has 0 saturated heterocycles. The molecule has 0 radical (unpaired) electrons. The van der Waals surface area contributed by atoms with E-state index in [1.807, 2.05) is 0 Å². The molecule has 2 heterocycles. The Hall–Kier alpha value is -4.54. The van der Waals surface area contributed by atoms with Gasteiger partial charge in [0.05, 0.1) is 11.8 Å². The highest BCUT2D eigenvalue weighted by Crippen LogP contribution is 2.29. The van der Waals surface area contributed by atoms with Crippen molar-refractivity contribution in [1.82, 2.24) is 20.2 Å². The summed E-state index contributed by atoms with van der Waals surface area (Å²) < 4.78 is 50.3. The number of esters is 1. The second-order valence-electron chi connectivity index (χ2n) is 6.90. The number of furan rings is 1. The topological polar surface area (TPSA) is 100 Å². The molecule has 2 aromatic carbocycles. The van der Waals surface area contributed by atoms with E-state index in [-0.39, 0.29) is 22.8 Å². The number of hydrogen-bond donors (Lipinski definition) is 0.